The van der Waals surface area contributed by atoms with Crippen LogP contribution in [0.25, 0.3) is 11.0 Å². The van der Waals surface area contributed by atoms with E-state index in [1.807, 2.05) is 63.2 Å². The topological polar surface area (TPSA) is 81.6 Å². The van der Waals surface area contributed by atoms with Crippen molar-refractivity contribution in [3.05, 3.63) is 69.1 Å². The van der Waals surface area contributed by atoms with E-state index in [9.17, 15) is 4.79 Å². The molecule has 120 valence electrons. The summed E-state index contributed by atoms with van der Waals surface area (Å²) in [7, 11) is 0. The van der Waals surface area contributed by atoms with Crippen LogP contribution in [0.2, 0.25) is 0 Å². The normalized spacial score (nSPS) is 11.9. The van der Waals surface area contributed by atoms with Gasteiger partial charge in [-0.25, -0.2) is 4.98 Å². The first-order valence-corrected chi connectivity index (χ1v) is 7.76. The van der Waals surface area contributed by atoms with Crippen LogP contribution >= 0.6 is 0 Å². The molecule has 5 nitrogen and oxygen atoms in total. The smallest absolute Gasteiger partial charge is 0.285 e. The lowest BCUT2D eigenvalue weighted by Crippen LogP contribution is -2.16. The van der Waals surface area contributed by atoms with Crippen LogP contribution in [0.1, 0.15) is 35.3 Å². The molecule has 2 aromatic carbocycles. The van der Waals surface area contributed by atoms with Gasteiger partial charge in [0, 0.05) is 11.3 Å². The van der Waals surface area contributed by atoms with Crippen molar-refractivity contribution in [2.24, 2.45) is 0 Å². The zero-order valence-electron chi connectivity index (χ0n) is 13.8. The van der Waals surface area contributed by atoms with Gasteiger partial charge in [-0.2, -0.15) is 5.26 Å². The molecular weight excluding hydrogens is 300 g/mol. The molecule has 0 aliphatic carbocycles. The predicted octanol–water partition coefficient (Wildman–Crippen LogP) is 3.58. The van der Waals surface area contributed by atoms with E-state index < -0.39 is 5.56 Å². The Hall–Kier alpha value is -3.13. The van der Waals surface area contributed by atoms with E-state index in [2.05, 4.69) is 15.3 Å². The molecule has 5 heteroatoms. The predicted molar refractivity (Wildman–Crippen MR) is 95.0 cm³/mol. The molecule has 3 rings (SSSR count). The summed E-state index contributed by atoms with van der Waals surface area (Å²) in [6, 6.07) is 13.8. The van der Waals surface area contributed by atoms with E-state index in [1.54, 1.807) is 0 Å². The number of aromatic amines is 1. The SMILES string of the molecule is Cc1cc([C@@H](C)Nc2ccccc2C)c2[nH]c(=O)c(C#N)nc2c1. The zero-order valence-corrected chi connectivity index (χ0v) is 13.8. The van der Waals surface area contributed by atoms with Crippen LogP contribution in [0.15, 0.2) is 41.2 Å². The molecule has 1 atom stereocenters. The minimum absolute atomic E-state index is 0.0288. The van der Waals surface area contributed by atoms with E-state index in [-0.39, 0.29) is 11.7 Å². The molecule has 0 aliphatic heterocycles. The number of aromatic nitrogens is 2. The second kappa shape index (κ2) is 6.17. The fraction of sp³-hybridized carbons (Fsp3) is 0.211. The number of hydrogen-bond donors (Lipinski definition) is 2. The first-order chi connectivity index (χ1) is 11.5. The molecule has 0 bridgehead atoms. The van der Waals surface area contributed by atoms with Gasteiger partial charge < -0.3 is 10.3 Å². The van der Waals surface area contributed by atoms with Crippen LogP contribution in [0, 0.1) is 25.2 Å². The van der Waals surface area contributed by atoms with Crippen LogP contribution in [0.4, 0.5) is 5.69 Å². The Morgan fingerprint density at radius 2 is 2.00 bits per heavy atom. The molecule has 0 fully saturated rings. The molecule has 0 spiro atoms. The third-order valence-corrected chi connectivity index (χ3v) is 4.07. The van der Waals surface area contributed by atoms with Gasteiger partial charge in [-0.1, -0.05) is 24.3 Å². The Kier molecular flexibility index (Phi) is 4.05. The average molecular weight is 318 g/mol. The molecule has 0 saturated heterocycles. The first-order valence-electron chi connectivity index (χ1n) is 7.76. The summed E-state index contributed by atoms with van der Waals surface area (Å²) in [6.07, 6.45) is 0. The Morgan fingerprint density at radius 3 is 2.71 bits per heavy atom. The van der Waals surface area contributed by atoms with Gasteiger partial charge in [0.15, 0.2) is 0 Å². The van der Waals surface area contributed by atoms with Crippen molar-refractivity contribution in [2.75, 3.05) is 5.32 Å². The Bertz CT molecular complexity index is 1010. The van der Waals surface area contributed by atoms with Gasteiger partial charge in [-0.05, 0) is 44.0 Å². The van der Waals surface area contributed by atoms with Gasteiger partial charge in [0.25, 0.3) is 5.56 Å². The van der Waals surface area contributed by atoms with Crippen LogP contribution in [-0.4, -0.2) is 9.97 Å². The molecule has 0 amide bonds. The molecule has 0 saturated carbocycles. The molecule has 1 aromatic heterocycles. The lowest BCUT2D eigenvalue weighted by molar-refractivity contribution is 0.884. The highest BCUT2D eigenvalue weighted by atomic mass is 16.1. The second-order valence-corrected chi connectivity index (χ2v) is 5.96. The molecule has 2 N–H and O–H groups in total. The largest absolute Gasteiger partial charge is 0.378 e. The molecule has 3 aromatic rings. The van der Waals surface area contributed by atoms with E-state index >= 15 is 0 Å². The summed E-state index contributed by atoms with van der Waals surface area (Å²) < 4.78 is 0. The highest BCUT2D eigenvalue weighted by molar-refractivity contribution is 5.80. The lowest BCUT2D eigenvalue weighted by Gasteiger charge is -2.19. The summed E-state index contributed by atoms with van der Waals surface area (Å²) in [5, 5.41) is 12.5. The molecular formula is C19H18N4O. The molecule has 0 aliphatic rings. The standard InChI is InChI=1S/C19H18N4O/c1-11-8-14(13(3)21-15-7-5-4-6-12(15)2)18-16(9-11)22-17(10-20)19(24)23-18/h4-9,13,21H,1-3H3,(H,23,24)/t13-/m1/s1. The van der Waals surface area contributed by atoms with E-state index in [1.165, 1.54) is 0 Å². The lowest BCUT2D eigenvalue weighted by atomic mass is 10.0. The maximum Gasteiger partial charge on any atom is 0.285 e. The first kappa shape index (κ1) is 15.8. The van der Waals surface area contributed by atoms with Crippen molar-refractivity contribution >= 4 is 16.7 Å². The summed E-state index contributed by atoms with van der Waals surface area (Å²) in [4.78, 5) is 19.0. The van der Waals surface area contributed by atoms with Gasteiger partial charge in [-0.15, -0.1) is 0 Å². The zero-order chi connectivity index (χ0) is 17.3. The summed E-state index contributed by atoms with van der Waals surface area (Å²) >= 11 is 0. The number of fused-ring (bicyclic) bond motifs is 1. The Labute approximate surface area is 140 Å². The Balaban J connectivity index is 2.11. The number of hydrogen-bond acceptors (Lipinski definition) is 4. The number of H-pyrrole nitrogens is 1. The fourth-order valence-electron chi connectivity index (χ4n) is 2.83. The van der Waals surface area contributed by atoms with Crippen molar-refractivity contribution in [1.29, 1.82) is 5.26 Å². The number of rotatable bonds is 3. The minimum atomic E-state index is -0.460. The van der Waals surface area contributed by atoms with Crippen LogP contribution < -0.4 is 10.9 Å². The van der Waals surface area contributed by atoms with Crippen molar-refractivity contribution < 1.29 is 0 Å². The van der Waals surface area contributed by atoms with Crippen molar-refractivity contribution in [1.82, 2.24) is 9.97 Å². The van der Waals surface area contributed by atoms with Crippen molar-refractivity contribution in [2.45, 2.75) is 26.8 Å². The fourth-order valence-corrected chi connectivity index (χ4v) is 2.83. The molecule has 24 heavy (non-hydrogen) atoms. The quantitative estimate of drug-likeness (QED) is 0.773. The average Bonchev–Trinajstić information content (AvgIpc) is 2.56. The summed E-state index contributed by atoms with van der Waals surface area (Å²) in [5.74, 6) is 0. The number of para-hydroxylation sites is 1. The van der Waals surface area contributed by atoms with E-state index in [0.29, 0.717) is 11.0 Å². The van der Waals surface area contributed by atoms with Crippen LogP contribution in [0.5, 0.6) is 0 Å². The highest BCUT2D eigenvalue weighted by Gasteiger charge is 2.14. The van der Waals surface area contributed by atoms with Crippen LogP contribution in [0.3, 0.4) is 0 Å². The van der Waals surface area contributed by atoms with Crippen LogP contribution in [-0.2, 0) is 0 Å². The summed E-state index contributed by atoms with van der Waals surface area (Å²) in [5.41, 5.74) is 4.89. The van der Waals surface area contributed by atoms with E-state index in [0.717, 1.165) is 22.4 Å². The van der Waals surface area contributed by atoms with Crippen molar-refractivity contribution in [3.8, 4) is 6.07 Å². The number of anilines is 1. The number of nitrogens with one attached hydrogen (secondary N) is 2. The van der Waals surface area contributed by atoms with Crippen molar-refractivity contribution in [3.63, 3.8) is 0 Å². The third-order valence-electron chi connectivity index (χ3n) is 4.07. The highest BCUT2D eigenvalue weighted by Crippen LogP contribution is 2.27. The minimum Gasteiger partial charge on any atom is -0.378 e. The maximum absolute atomic E-state index is 12.0. The monoisotopic (exact) mass is 318 g/mol. The number of nitriles is 1. The Morgan fingerprint density at radius 1 is 1.25 bits per heavy atom. The van der Waals surface area contributed by atoms with Gasteiger partial charge >= 0.3 is 0 Å². The molecule has 0 unspecified atom stereocenters. The van der Waals surface area contributed by atoms with Gasteiger partial charge in [0.2, 0.25) is 5.69 Å². The third kappa shape index (κ3) is 2.86. The van der Waals surface area contributed by atoms with Gasteiger partial charge in [0.05, 0.1) is 17.1 Å². The molecule has 1 heterocycles. The number of aryl methyl sites for hydroxylation is 2. The number of benzene rings is 2. The van der Waals surface area contributed by atoms with E-state index in [4.69, 9.17) is 5.26 Å². The maximum atomic E-state index is 12.0. The second-order valence-electron chi connectivity index (χ2n) is 5.96. The van der Waals surface area contributed by atoms with Gasteiger partial charge in [0.1, 0.15) is 6.07 Å². The molecule has 0 radical (unpaired) electrons. The van der Waals surface area contributed by atoms with Gasteiger partial charge in [-0.3, -0.25) is 4.79 Å². The number of nitrogens with zero attached hydrogens (tertiary/aromatic N) is 2. The summed E-state index contributed by atoms with van der Waals surface area (Å²) in [6.45, 7) is 6.06.